The molecule has 10 heteroatoms. The molecule has 1 aromatic heterocycles. The molecule has 0 radical (unpaired) electrons. The molecule has 31 heavy (non-hydrogen) atoms. The number of benzene rings is 2. The Morgan fingerprint density at radius 2 is 1.87 bits per heavy atom. The molecule has 2 aliphatic rings. The standard InChI is InChI=1S/C21H21ClF2N4O2S/c1-20(23,24)14-5-7-15(8-6-14)31(29,30)28-17-4-2-3-16(22)18(17)19(26-28)27-12-11-25-13-21(27)9-10-21/h2-8,25H,9-13H2,1H3. The molecular weight excluding hydrogens is 446 g/mol. The lowest BCUT2D eigenvalue weighted by atomic mass is 10.1. The number of aromatic nitrogens is 2. The van der Waals surface area contributed by atoms with Gasteiger partial charge in [-0.15, -0.1) is 5.10 Å². The van der Waals surface area contributed by atoms with Crippen LogP contribution < -0.4 is 10.2 Å². The van der Waals surface area contributed by atoms with Gasteiger partial charge in [0.05, 0.1) is 26.4 Å². The number of fused-ring (bicyclic) bond motifs is 1. The molecule has 1 aliphatic heterocycles. The van der Waals surface area contributed by atoms with Crippen LogP contribution in [0.4, 0.5) is 14.6 Å². The normalized spacial score (nSPS) is 18.6. The van der Waals surface area contributed by atoms with Gasteiger partial charge in [-0.1, -0.05) is 29.8 Å². The van der Waals surface area contributed by atoms with E-state index < -0.39 is 15.9 Å². The predicted molar refractivity (Wildman–Crippen MR) is 116 cm³/mol. The third-order valence-corrected chi connectivity index (χ3v) is 8.03. The smallest absolute Gasteiger partial charge is 0.283 e. The molecule has 3 aromatic rings. The molecule has 1 saturated carbocycles. The van der Waals surface area contributed by atoms with Gasteiger partial charge in [0.25, 0.3) is 15.9 Å². The Balaban J connectivity index is 1.66. The second kappa shape index (κ2) is 6.88. The fourth-order valence-corrected chi connectivity index (χ4v) is 5.77. The Morgan fingerprint density at radius 3 is 2.52 bits per heavy atom. The third-order valence-electron chi connectivity index (χ3n) is 6.12. The molecule has 5 rings (SSSR count). The van der Waals surface area contributed by atoms with E-state index >= 15 is 0 Å². The molecule has 0 atom stereocenters. The minimum absolute atomic E-state index is 0.0678. The Bertz CT molecular complexity index is 1270. The maximum atomic E-state index is 13.6. The van der Waals surface area contributed by atoms with Crippen molar-refractivity contribution in [1.82, 2.24) is 14.5 Å². The highest BCUT2D eigenvalue weighted by Gasteiger charge is 2.50. The number of anilines is 1. The summed E-state index contributed by atoms with van der Waals surface area (Å²) in [6.45, 7) is 3.04. The van der Waals surface area contributed by atoms with E-state index in [1.807, 2.05) is 0 Å². The van der Waals surface area contributed by atoms with Gasteiger partial charge in [0.2, 0.25) is 0 Å². The zero-order valence-electron chi connectivity index (χ0n) is 16.8. The van der Waals surface area contributed by atoms with Crippen molar-refractivity contribution in [3.63, 3.8) is 0 Å². The first-order valence-electron chi connectivity index (χ1n) is 10.0. The minimum Gasteiger partial charge on any atom is -0.346 e. The van der Waals surface area contributed by atoms with Crippen molar-refractivity contribution in [2.45, 2.75) is 36.1 Å². The van der Waals surface area contributed by atoms with Gasteiger partial charge in [-0.25, -0.2) is 8.78 Å². The molecule has 1 saturated heterocycles. The van der Waals surface area contributed by atoms with E-state index in [4.69, 9.17) is 11.6 Å². The zero-order chi connectivity index (χ0) is 22.0. The van der Waals surface area contributed by atoms with Crippen molar-refractivity contribution in [2.75, 3.05) is 24.5 Å². The average Bonchev–Trinajstić information content (AvgIpc) is 3.37. The van der Waals surface area contributed by atoms with Gasteiger partial charge in [0.15, 0.2) is 5.82 Å². The topological polar surface area (TPSA) is 67.2 Å². The maximum absolute atomic E-state index is 13.6. The molecule has 164 valence electrons. The molecular formula is C21H21ClF2N4O2S. The Kier molecular flexibility index (Phi) is 4.59. The number of piperazine rings is 1. The molecule has 1 spiro atoms. The summed E-state index contributed by atoms with van der Waals surface area (Å²) in [7, 11) is -4.12. The van der Waals surface area contributed by atoms with Crippen LogP contribution in [0.1, 0.15) is 25.3 Å². The zero-order valence-corrected chi connectivity index (χ0v) is 18.3. The highest BCUT2D eigenvalue weighted by atomic mass is 35.5. The van der Waals surface area contributed by atoms with E-state index in [-0.39, 0.29) is 16.0 Å². The van der Waals surface area contributed by atoms with E-state index in [0.717, 1.165) is 49.1 Å². The highest BCUT2D eigenvalue weighted by Crippen LogP contribution is 2.47. The first-order chi connectivity index (χ1) is 14.6. The van der Waals surface area contributed by atoms with Crippen LogP contribution in [0.2, 0.25) is 5.02 Å². The number of alkyl halides is 2. The number of nitrogens with zero attached hydrogens (tertiary/aromatic N) is 3. The third kappa shape index (κ3) is 3.30. The van der Waals surface area contributed by atoms with Crippen molar-refractivity contribution in [3.05, 3.63) is 53.1 Å². The lowest BCUT2D eigenvalue weighted by Crippen LogP contribution is -2.53. The van der Waals surface area contributed by atoms with Crippen molar-refractivity contribution in [3.8, 4) is 0 Å². The van der Waals surface area contributed by atoms with Gasteiger partial charge in [-0.05, 0) is 37.1 Å². The van der Waals surface area contributed by atoms with Crippen LogP contribution in [0, 0.1) is 0 Å². The lowest BCUT2D eigenvalue weighted by Gasteiger charge is -2.37. The van der Waals surface area contributed by atoms with Crippen LogP contribution in [-0.4, -0.2) is 42.8 Å². The van der Waals surface area contributed by atoms with E-state index in [0.29, 0.717) is 28.3 Å². The molecule has 1 N–H and O–H groups in total. The summed E-state index contributed by atoms with van der Waals surface area (Å²) in [5.41, 5.74) is 0.0421. The summed E-state index contributed by atoms with van der Waals surface area (Å²) in [5, 5.41) is 8.92. The summed E-state index contributed by atoms with van der Waals surface area (Å²) < 4.78 is 54.9. The Hall–Kier alpha value is -2.23. The van der Waals surface area contributed by atoms with Crippen LogP contribution >= 0.6 is 11.6 Å². The fourth-order valence-electron chi connectivity index (χ4n) is 4.24. The van der Waals surface area contributed by atoms with Crippen LogP contribution in [-0.2, 0) is 15.9 Å². The number of halogens is 3. The van der Waals surface area contributed by atoms with E-state index in [9.17, 15) is 17.2 Å². The van der Waals surface area contributed by atoms with E-state index in [1.165, 1.54) is 12.1 Å². The second-order valence-electron chi connectivity index (χ2n) is 8.27. The van der Waals surface area contributed by atoms with Gasteiger partial charge in [-0.3, -0.25) is 0 Å². The highest BCUT2D eigenvalue weighted by molar-refractivity contribution is 7.90. The molecule has 2 aromatic carbocycles. The summed E-state index contributed by atoms with van der Waals surface area (Å²) in [6.07, 6.45) is 2.00. The molecule has 1 aliphatic carbocycles. The lowest BCUT2D eigenvalue weighted by molar-refractivity contribution is 0.0174. The number of nitrogens with one attached hydrogen (secondary N) is 1. The first-order valence-corrected chi connectivity index (χ1v) is 11.8. The molecule has 2 fully saturated rings. The molecule has 0 bridgehead atoms. The number of hydrogen-bond donors (Lipinski definition) is 1. The van der Waals surface area contributed by atoms with Gasteiger partial charge < -0.3 is 10.2 Å². The van der Waals surface area contributed by atoms with Gasteiger partial charge in [0, 0.05) is 32.1 Å². The van der Waals surface area contributed by atoms with Crippen LogP contribution in [0.25, 0.3) is 10.9 Å². The second-order valence-corrected chi connectivity index (χ2v) is 10.4. The summed E-state index contributed by atoms with van der Waals surface area (Å²) in [4.78, 5) is 2.04. The van der Waals surface area contributed by atoms with Crippen molar-refractivity contribution in [2.24, 2.45) is 0 Å². The molecule has 6 nitrogen and oxygen atoms in total. The van der Waals surface area contributed by atoms with E-state index in [2.05, 4.69) is 15.3 Å². The van der Waals surface area contributed by atoms with Crippen molar-refractivity contribution in [1.29, 1.82) is 0 Å². The molecule has 0 unspecified atom stereocenters. The Labute approximate surface area is 183 Å². The van der Waals surface area contributed by atoms with Crippen LogP contribution in [0.3, 0.4) is 0 Å². The van der Waals surface area contributed by atoms with Gasteiger partial charge >= 0.3 is 0 Å². The largest absolute Gasteiger partial charge is 0.346 e. The quantitative estimate of drug-likeness (QED) is 0.630. The number of rotatable bonds is 4. The fraction of sp³-hybridized carbons (Fsp3) is 0.381. The molecule has 0 amide bonds. The summed E-state index contributed by atoms with van der Waals surface area (Å²) in [5.74, 6) is -2.51. The van der Waals surface area contributed by atoms with Gasteiger partial charge in [-0.2, -0.15) is 12.5 Å². The van der Waals surface area contributed by atoms with Crippen molar-refractivity contribution < 1.29 is 17.2 Å². The molecule has 2 heterocycles. The average molecular weight is 467 g/mol. The van der Waals surface area contributed by atoms with Crippen LogP contribution in [0.5, 0.6) is 0 Å². The van der Waals surface area contributed by atoms with Crippen LogP contribution in [0.15, 0.2) is 47.4 Å². The van der Waals surface area contributed by atoms with Gasteiger partial charge in [0.1, 0.15) is 0 Å². The maximum Gasteiger partial charge on any atom is 0.283 e. The number of hydrogen-bond acceptors (Lipinski definition) is 5. The van der Waals surface area contributed by atoms with Crippen molar-refractivity contribution >= 4 is 38.3 Å². The Morgan fingerprint density at radius 1 is 1.16 bits per heavy atom. The predicted octanol–water partition coefficient (Wildman–Crippen LogP) is 3.98. The summed E-state index contributed by atoms with van der Waals surface area (Å²) in [6, 6.07) is 9.68. The SMILES string of the molecule is CC(F)(F)c1ccc(S(=O)(=O)n2nc(N3CCNCC34CC4)c3c(Cl)cccc32)cc1. The minimum atomic E-state index is -4.12. The van der Waals surface area contributed by atoms with E-state index in [1.54, 1.807) is 18.2 Å². The first kappa shape index (κ1) is 20.7. The summed E-state index contributed by atoms with van der Waals surface area (Å²) >= 11 is 6.50. The monoisotopic (exact) mass is 466 g/mol.